The molecule has 1 N–H and O–H groups in total. The maximum absolute atomic E-state index is 12.5. The van der Waals surface area contributed by atoms with Crippen LogP contribution in [0.15, 0.2) is 48.5 Å². The zero-order chi connectivity index (χ0) is 16.7. The summed E-state index contributed by atoms with van der Waals surface area (Å²) in [5.41, 5.74) is 1.17. The van der Waals surface area contributed by atoms with Crippen molar-refractivity contribution in [2.24, 2.45) is 0 Å². The third kappa shape index (κ3) is 3.09. The highest BCUT2D eigenvalue weighted by Crippen LogP contribution is 2.49. The highest BCUT2D eigenvalue weighted by molar-refractivity contribution is 6.01. The summed E-state index contributed by atoms with van der Waals surface area (Å²) in [5.74, 6) is -0.166. The molecular weight excluding hydrogens is 303 g/mol. The number of aryl methyl sites for hydroxylation is 1. The van der Waals surface area contributed by atoms with Crippen LogP contribution in [-0.2, 0) is 16.4 Å². The number of carbonyl (C=O) groups excluding carboxylic acids is 1. The Balaban J connectivity index is 1.75. The van der Waals surface area contributed by atoms with E-state index < -0.39 is 17.2 Å². The number of rotatable bonds is 3. The quantitative estimate of drug-likeness (QED) is 0.874. The standard InChI is InChI=1S/C18H16F3NO/c1-12-2-4-13(5-3-12)17(10-11-17)16(23)22-15-8-6-14(7-9-15)18(19,20)21/h2-9H,10-11H2,1H3,(H,22,23). The van der Waals surface area contributed by atoms with Crippen molar-refractivity contribution >= 4 is 11.6 Å². The first kappa shape index (κ1) is 15.6. The Morgan fingerprint density at radius 1 is 1.00 bits per heavy atom. The summed E-state index contributed by atoms with van der Waals surface area (Å²) in [6, 6.07) is 12.3. The number of hydrogen-bond donors (Lipinski definition) is 1. The number of hydrogen-bond acceptors (Lipinski definition) is 1. The van der Waals surface area contributed by atoms with Crippen LogP contribution in [0.5, 0.6) is 0 Å². The predicted octanol–water partition coefficient (Wildman–Crippen LogP) is 4.68. The van der Waals surface area contributed by atoms with E-state index in [4.69, 9.17) is 0 Å². The lowest BCUT2D eigenvalue weighted by atomic mass is 9.94. The predicted molar refractivity (Wildman–Crippen MR) is 82.2 cm³/mol. The molecular formula is C18H16F3NO. The van der Waals surface area contributed by atoms with Crippen molar-refractivity contribution in [1.29, 1.82) is 0 Å². The fourth-order valence-electron chi connectivity index (χ4n) is 2.64. The molecule has 23 heavy (non-hydrogen) atoms. The summed E-state index contributed by atoms with van der Waals surface area (Å²) in [6.07, 6.45) is -2.87. The van der Waals surface area contributed by atoms with Crippen LogP contribution >= 0.6 is 0 Å². The summed E-state index contributed by atoms with van der Waals surface area (Å²) in [6.45, 7) is 1.98. The largest absolute Gasteiger partial charge is 0.416 e. The molecule has 0 heterocycles. The Kier molecular flexibility index (Phi) is 3.66. The van der Waals surface area contributed by atoms with Gasteiger partial charge in [-0.2, -0.15) is 13.2 Å². The molecule has 1 saturated carbocycles. The number of alkyl halides is 3. The number of halogens is 3. The van der Waals surface area contributed by atoms with Crippen molar-refractivity contribution in [3.63, 3.8) is 0 Å². The molecule has 2 aromatic rings. The SMILES string of the molecule is Cc1ccc(C2(C(=O)Nc3ccc(C(F)(F)F)cc3)CC2)cc1. The Morgan fingerprint density at radius 3 is 2.04 bits per heavy atom. The molecule has 0 aliphatic heterocycles. The van der Waals surface area contributed by atoms with Crippen LogP contribution in [0.25, 0.3) is 0 Å². The minimum absolute atomic E-state index is 0.166. The first-order valence-corrected chi connectivity index (χ1v) is 7.37. The van der Waals surface area contributed by atoms with Gasteiger partial charge in [0, 0.05) is 5.69 Å². The monoisotopic (exact) mass is 319 g/mol. The Hall–Kier alpha value is -2.30. The van der Waals surface area contributed by atoms with Gasteiger partial charge in [-0.25, -0.2) is 0 Å². The highest BCUT2D eigenvalue weighted by atomic mass is 19.4. The second-order valence-corrected chi connectivity index (χ2v) is 5.98. The molecule has 2 aromatic carbocycles. The van der Waals surface area contributed by atoms with Crippen LogP contribution in [0, 0.1) is 6.92 Å². The summed E-state index contributed by atoms with van der Waals surface area (Å²) in [4.78, 5) is 12.5. The highest BCUT2D eigenvalue weighted by Gasteiger charge is 2.51. The summed E-state index contributed by atoms with van der Waals surface area (Å²) < 4.78 is 37.6. The second-order valence-electron chi connectivity index (χ2n) is 5.98. The van der Waals surface area contributed by atoms with E-state index in [-0.39, 0.29) is 5.91 Å². The van der Waals surface area contributed by atoms with Gasteiger partial charge in [0.15, 0.2) is 0 Å². The molecule has 0 unspecified atom stereocenters. The van der Waals surface area contributed by atoms with Gasteiger partial charge in [-0.05, 0) is 49.6 Å². The summed E-state index contributed by atoms with van der Waals surface area (Å²) in [7, 11) is 0. The third-order valence-electron chi connectivity index (χ3n) is 4.26. The fourth-order valence-corrected chi connectivity index (χ4v) is 2.64. The van der Waals surface area contributed by atoms with Gasteiger partial charge in [-0.15, -0.1) is 0 Å². The van der Waals surface area contributed by atoms with E-state index in [1.807, 2.05) is 31.2 Å². The molecule has 0 spiro atoms. The zero-order valence-corrected chi connectivity index (χ0v) is 12.6. The number of benzene rings is 2. The van der Waals surface area contributed by atoms with Gasteiger partial charge in [-0.3, -0.25) is 4.79 Å². The van der Waals surface area contributed by atoms with E-state index in [2.05, 4.69) is 5.32 Å². The molecule has 1 aliphatic carbocycles. The first-order valence-electron chi connectivity index (χ1n) is 7.37. The van der Waals surface area contributed by atoms with Crippen LogP contribution in [-0.4, -0.2) is 5.91 Å². The normalized spacial score (nSPS) is 16.0. The first-order chi connectivity index (χ1) is 10.8. The van der Waals surface area contributed by atoms with Crippen LogP contribution in [0.4, 0.5) is 18.9 Å². The minimum Gasteiger partial charge on any atom is -0.325 e. The van der Waals surface area contributed by atoms with E-state index in [0.29, 0.717) is 5.69 Å². The molecule has 1 aliphatic rings. The minimum atomic E-state index is -4.37. The van der Waals surface area contributed by atoms with Crippen LogP contribution in [0.2, 0.25) is 0 Å². The average Bonchev–Trinajstić information content (AvgIpc) is 3.29. The molecule has 5 heteroatoms. The van der Waals surface area contributed by atoms with Gasteiger partial charge in [0.1, 0.15) is 0 Å². The molecule has 0 aromatic heterocycles. The molecule has 120 valence electrons. The number of amides is 1. The van der Waals surface area contributed by atoms with Crippen molar-refractivity contribution in [2.45, 2.75) is 31.4 Å². The molecule has 1 fully saturated rings. The van der Waals surface area contributed by atoms with Gasteiger partial charge < -0.3 is 5.32 Å². The van der Waals surface area contributed by atoms with Crippen LogP contribution in [0.1, 0.15) is 29.5 Å². The van der Waals surface area contributed by atoms with Crippen LogP contribution < -0.4 is 5.32 Å². The molecule has 3 rings (SSSR count). The number of anilines is 1. The second kappa shape index (κ2) is 5.41. The molecule has 1 amide bonds. The Labute approximate surface area is 132 Å². The molecule has 0 radical (unpaired) electrons. The smallest absolute Gasteiger partial charge is 0.325 e. The van der Waals surface area contributed by atoms with Gasteiger partial charge >= 0.3 is 6.18 Å². The number of nitrogens with one attached hydrogen (secondary N) is 1. The van der Waals surface area contributed by atoms with E-state index in [9.17, 15) is 18.0 Å². The van der Waals surface area contributed by atoms with Crippen molar-refractivity contribution in [2.75, 3.05) is 5.32 Å². The Morgan fingerprint density at radius 2 is 1.57 bits per heavy atom. The van der Waals surface area contributed by atoms with Crippen molar-refractivity contribution in [3.8, 4) is 0 Å². The van der Waals surface area contributed by atoms with Crippen molar-refractivity contribution in [1.82, 2.24) is 0 Å². The molecule has 0 saturated heterocycles. The maximum Gasteiger partial charge on any atom is 0.416 e. The van der Waals surface area contributed by atoms with Gasteiger partial charge in [-0.1, -0.05) is 29.8 Å². The average molecular weight is 319 g/mol. The van der Waals surface area contributed by atoms with E-state index in [0.717, 1.165) is 36.1 Å². The molecule has 2 nitrogen and oxygen atoms in total. The lowest BCUT2D eigenvalue weighted by molar-refractivity contribution is -0.137. The van der Waals surface area contributed by atoms with Gasteiger partial charge in [0.05, 0.1) is 11.0 Å². The van der Waals surface area contributed by atoms with E-state index >= 15 is 0 Å². The lowest BCUT2D eigenvalue weighted by Crippen LogP contribution is -2.27. The topological polar surface area (TPSA) is 29.1 Å². The van der Waals surface area contributed by atoms with E-state index in [1.54, 1.807) is 0 Å². The van der Waals surface area contributed by atoms with Gasteiger partial charge in [0.2, 0.25) is 5.91 Å². The molecule has 0 bridgehead atoms. The maximum atomic E-state index is 12.5. The van der Waals surface area contributed by atoms with Crippen molar-refractivity contribution < 1.29 is 18.0 Å². The fraction of sp³-hybridized carbons (Fsp3) is 0.278. The van der Waals surface area contributed by atoms with E-state index in [1.165, 1.54) is 12.1 Å². The lowest BCUT2D eigenvalue weighted by Gasteiger charge is -2.16. The molecule has 0 atom stereocenters. The zero-order valence-electron chi connectivity index (χ0n) is 12.6. The van der Waals surface area contributed by atoms with Gasteiger partial charge in [0.25, 0.3) is 0 Å². The summed E-state index contributed by atoms with van der Waals surface area (Å²) in [5, 5.41) is 2.73. The van der Waals surface area contributed by atoms with Crippen LogP contribution in [0.3, 0.4) is 0 Å². The third-order valence-corrected chi connectivity index (χ3v) is 4.26. The Bertz CT molecular complexity index is 713. The number of carbonyl (C=O) groups is 1. The summed E-state index contributed by atoms with van der Waals surface area (Å²) >= 11 is 0. The van der Waals surface area contributed by atoms with Crippen molar-refractivity contribution in [3.05, 3.63) is 65.2 Å².